The normalized spacial score (nSPS) is 11.0. The number of rotatable bonds is 6. The second-order valence-corrected chi connectivity index (χ2v) is 3.60. The summed E-state index contributed by atoms with van der Waals surface area (Å²) in [7, 11) is 1.56. The van der Waals surface area contributed by atoms with Crippen molar-refractivity contribution in [1.82, 2.24) is 0 Å². The first kappa shape index (κ1) is 14.1. The molecule has 0 heterocycles. The van der Waals surface area contributed by atoms with Crippen LogP contribution in [0.15, 0.2) is 29.4 Å². The van der Waals surface area contributed by atoms with Gasteiger partial charge in [-0.05, 0) is 30.4 Å². The molecule has 5 nitrogen and oxygen atoms in total. The smallest absolute Gasteiger partial charge is 0.344 e. The minimum absolute atomic E-state index is 0.467. The zero-order valence-electron chi connectivity index (χ0n) is 9.67. The zero-order chi connectivity index (χ0) is 13.4. The van der Waals surface area contributed by atoms with Crippen molar-refractivity contribution < 1.29 is 19.5 Å². The molecule has 1 rings (SSSR count). The Morgan fingerprint density at radius 1 is 1.56 bits per heavy atom. The summed E-state index contributed by atoms with van der Waals surface area (Å²) in [6, 6.07) is 5.21. The van der Waals surface area contributed by atoms with E-state index in [9.17, 15) is 4.79 Å². The van der Waals surface area contributed by atoms with Crippen molar-refractivity contribution in [2.45, 2.75) is 0 Å². The van der Waals surface area contributed by atoms with Gasteiger partial charge in [0.25, 0.3) is 0 Å². The topological polar surface area (TPSA) is 68.1 Å². The standard InChI is InChI=1S/C12H12ClNO4/c1-17-11-5-4-10(13)7-9(11)3-2-6-14-18-8-12(15)16/h2-7H,8H2,1H3,(H,15,16)/b3-2+,14-6-. The number of allylic oxidation sites excluding steroid dienone is 1. The van der Waals surface area contributed by atoms with Crippen LogP contribution < -0.4 is 4.74 Å². The second-order valence-electron chi connectivity index (χ2n) is 3.17. The maximum absolute atomic E-state index is 10.1. The Balaban J connectivity index is 2.61. The predicted molar refractivity (Wildman–Crippen MR) is 69.1 cm³/mol. The Labute approximate surface area is 109 Å². The van der Waals surface area contributed by atoms with Crippen LogP contribution in [0.4, 0.5) is 0 Å². The van der Waals surface area contributed by atoms with Crippen LogP contribution in [0.1, 0.15) is 5.56 Å². The largest absolute Gasteiger partial charge is 0.496 e. The molecular weight excluding hydrogens is 258 g/mol. The zero-order valence-corrected chi connectivity index (χ0v) is 10.4. The number of halogens is 1. The highest BCUT2D eigenvalue weighted by Crippen LogP contribution is 2.23. The number of benzene rings is 1. The molecule has 0 amide bonds. The van der Waals surface area contributed by atoms with Gasteiger partial charge < -0.3 is 14.7 Å². The molecule has 0 bridgehead atoms. The van der Waals surface area contributed by atoms with E-state index in [2.05, 4.69) is 9.99 Å². The third-order valence-electron chi connectivity index (χ3n) is 1.88. The number of hydrogen-bond acceptors (Lipinski definition) is 4. The van der Waals surface area contributed by atoms with Crippen molar-refractivity contribution in [1.29, 1.82) is 0 Å². The van der Waals surface area contributed by atoms with Crippen LogP contribution in [0.5, 0.6) is 5.75 Å². The molecule has 0 aromatic heterocycles. The monoisotopic (exact) mass is 269 g/mol. The number of aliphatic carboxylic acids is 1. The van der Waals surface area contributed by atoms with E-state index in [1.807, 2.05) is 0 Å². The summed E-state index contributed by atoms with van der Waals surface area (Å²) >= 11 is 5.86. The Kier molecular flexibility index (Phi) is 5.73. The average molecular weight is 270 g/mol. The molecule has 0 saturated heterocycles. The molecule has 0 aliphatic rings. The van der Waals surface area contributed by atoms with Crippen molar-refractivity contribution in [2.24, 2.45) is 5.16 Å². The summed E-state index contributed by atoms with van der Waals surface area (Å²) in [4.78, 5) is 14.6. The fraction of sp³-hybridized carbons (Fsp3) is 0.167. The van der Waals surface area contributed by atoms with Gasteiger partial charge in [0.15, 0.2) is 0 Å². The van der Waals surface area contributed by atoms with Gasteiger partial charge in [-0.2, -0.15) is 0 Å². The molecule has 0 fully saturated rings. The molecule has 0 spiro atoms. The van der Waals surface area contributed by atoms with Crippen LogP contribution >= 0.6 is 11.6 Å². The molecule has 1 aromatic carbocycles. The van der Waals surface area contributed by atoms with Crippen molar-refractivity contribution in [2.75, 3.05) is 13.7 Å². The van der Waals surface area contributed by atoms with Crippen molar-refractivity contribution in [3.63, 3.8) is 0 Å². The van der Waals surface area contributed by atoms with Gasteiger partial charge in [0, 0.05) is 10.6 Å². The lowest BCUT2D eigenvalue weighted by atomic mass is 10.2. The fourth-order valence-corrected chi connectivity index (χ4v) is 1.33. The molecule has 18 heavy (non-hydrogen) atoms. The van der Waals surface area contributed by atoms with E-state index in [1.165, 1.54) is 6.21 Å². The van der Waals surface area contributed by atoms with Gasteiger partial charge >= 0.3 is 5.97 Å². The molecule has 0 unspecified atom stereocenters. The van der Waals surface area contributed by atoms with Gasteiger partial charge in [0.2, 0.25) is 6.61 Å². The Bertz CT molecular complexity index is 471. The van der Waals surface area contributed by atoms with Gasteiger partial charge in [-0.3, -0.25) is 0 Å². The van der Waals surface area contributed by atoms with E-state index < -0.39 is 12.6 Å². The fourth-order valence-electron chi connectivity index (χ4n) is 1.15. The maximum Gasteiger partial charge on any atom is 0.344 e. The molecule has 0 radical (unpaired) electrons. The number of methoxy groups -OCH3 is 1. The quantitative estimate of drug-likeness (QED) is 0.636. The van der Waals surface area contributed by atoms with Gasteiger partial charge in [-0.15, -0.1) is 0 Å². The summed E-state index contributed by atoms with van der Waals surface area (Å²) in [5, 5.41) is 12.3. The van der Waals surface area contributed by atoms with Crippen LogP contribution in [0.25, 0.3) is 6.08 Å². The number of hydrogen-bond donors (Lipinski definition) is 1. The summed E-state index contributed by atoms with van der Waals surface area (Å²) in [5.41, 5.74) is 0.787. The number of carbonyl (C=O) groups is 1. The van der Waals surface area contributed by atoms with E-state index in [4.69, 9.17) is 21.4 Å². The third kappa shape index (κ3) is 4.88. The molecule has 1 N–H and O–H groups in total. The van der Waals surface area contributed by atoms with Crippen LogP contribution in [0.2, 0.25) is 5.02 Å². The number of oxime groups is 1. The number of ether oxygens (including phenoxy) is 1. The van der Waals surface area contributed by atoms with Gasteiger partial charge in [0.05, 0.1) is 13.3 Å². The van der Waals surface area contributed by atoms with Crippen molar-refractivity contribution >= 4 is 29.9 Å². The lowest BCUT2D eigenvalue weighted by molar-refractivity contribution is -0.142. The summed E-state index contributed by atoms with van der Waals surface area (Å²) in [6.45, 7) is -0.467. The Morgan fingerprint density at radius 2 is 2.33 bits per heavy atom. The minimum atomic E-state index is -1.08. The van der Waals surface area contributed by atoms with E-state index in [0.717, 1.165) is 5.56 Å². The summed E-state index contributed by atoms with van der Waals surface area (Å²) < 4.78 is 5.15. The minimum Gasteiger partial charge on any atom is -0.496 e. The molecular formula is C12H12ClNO4. The molecule has 96 valence electrons. The maximum atomic E-state index is 10.1. The SMILES string of the molecule is COc1ccc(Cl)cc1/C=C/C=N\OCC(=O)O. The first-order valence-corrected chi connectivity index (χ1v) is 5.38. The first-order valence-electron chi connectivity index (χ1n) is 5.01. The highest BCUT2D eigenvalue weighted by Gasteiger charge is 1.99. The predicted octanol–water partition coefficient (Wildman–Crippen LogP) is 2.45. The van der Waals surface area contributed by atoms with E-state index in [0.29, 0.717) is 10.8 Å². The van der Waals surface area contributed by atoms with E-state index in [1.54, 1.807) is 37.5 Å². The molecule has 0 saturated carbocycles. The molecule has 0 atom stereocenters. The lowest BCUT2D eigenvalue weighted by Crippen LogP contribution is -2.02. The van der Waals surface area contributed by atoms with Crippen molar-refractivity contribution in [3.8, 4) is 5.75 Å². The third-order valence-corrected chi connectivity index (χ3v) is 2.11. The highest BCUT2D eigenvalue weighted by atomic mass is 35.5. The molecule has 6 heteroatoms. The first-order chi connectivity index (χ1) is 8.63. The van der Waals surface area contributed by atoms with Gasteiger partial charge in [-0.1, -0.05) is 16.8 Å². The number of nitrogens with zero attached hydrogens (tertiary/aromatic N) is 1. The highest BCUT2D eigenvalue weighted by molar-refractivity contribution is 6.30. The van der Waals surface area contributed by atoms with Crippen LogP contribution in [0, 0.1) is 0 Å². The molecule has 1 aromatic rings. The summed E-state index contributed by atoms with van der Waals surface area (Å²) in [5.74, 6) is -0.400. The van der Waals surface area contributed by atoms with E-state index >= 15 is 0 Å². The number of carboxylic acid groups (broad SMARTS) is 1. The summed E-state index contributed by atoms with van der Waals surface area (Å²) in [6.07, 6.45) is 4.65. The average Bonchev–Trinajstić information content (AvgIpc) is 2.33. The van der Waals surface area contributed by atoms with Gasteiger partial charge in [-0.25, -0.2) is 4.79 Å². The second kappa shape index (κ2) is 7.34. The number of carboxylic acids is 1. The van der Waals surface area contributed by atoms with Crippen LogP contribution in [0.3, 0.4) is 0 Å². The van der Waals surface area contributed by atoms with E-state index in [-0.39, 0.29) is 0 Å². The van der Waals surface area contributed by atoms with Crippen LogP contribution in [-0.2, 0) is 9.63 Å². The van der Waals surface area contributed by atoms with Gasteiger partial charge in [0.1, 0.15) is 5.75 Å². The molecule has 0 aliphatic carbocycles. The molecule has 0 aliphatic heterocycles. The van der Waals surface area contributed by atoms with Crippen molar-refractivity contribution in [3.05, 3.63) is 34.9 Å². The Hall–Kier alpha value is -2.01. The lowest BCUT2D eigenvalue weighted by Gasteiger charge is -2.04. The Morgan fingerprint density at radius 3 is 3.00 bits per heavy atom. The van der Waals surface area contributed by atoms with Crippen LogP contribution in [-0.4, -0.2) is 31.0 Å².